The summed E-state index contributed by atoms with van der Waals surface area (Å²) in [6.45, 7) is 1.78. The van der Waals surface area contributed by atoms with Gasteiger partial charge in [0.2, 0.25) is 0 Å². The molecule has 1 fully saturated rings. The van der Waals surface area contributed by atoms with Crippen LogP contribution in [0.25, 0.3) is 10.9 Å². The molecule has 4 heteroatoms. The standard InChI is InChI=1S/C15H18N2OS/c16-15-12(10-19-13-5-7-18-8-6-13)9-11-3-1-2-4-14(11)17-15/h1-4,9,13H,5-8,10H2,(H2,16,17). The van der Waals surface area contributed by atoms with E-state index in [0.717, 1.165) is 42.9 Å². The lowest BCUT2D eigenvalue weighted by Crippen LogP contribution is -2.17. The number of thioether (sulfide) groups is 1. The summed E-state index contributed by atoms with van der Waals surface area (Å²) in [6.07, 6.45) is 2.29. The Bertz CT molecular complexity index is 567. The Labute approximate surface area is 117 Å². The van der Waals surface area contributed by atoms with Crippen LogP contribution in [0.15, 0.2) is 30.3 Å². The molecular formula is C15H18N2OS. The lowest BCUT2D eigenvalue weighted by Gasteiger charge is -2.21. The zero-order chi connectivity index (χ0) is 13.1. The van der Waals surface area contributed by atoms with E-state index >= 15 is 0 Å². The fraction of sp³-hybridized carbons (Fsp3) is 0.400. The molecule has 1 aromatic heterocycles. The Morgan fingerprint density at radius 1 is 1.26 bits per heavy atom. The summed E-state index contributed by atoms with van der Waals surface area (Å²) in [5, 5.41) is 1.86. The zero-order valence-electron chi connectivity index (χ0n) is 10.8. The number of nitrogens with two attached hydrogens (primary N) is 1. The van der Waals surface area contributed by atoms with Gasteiger partial charge < -0.3 is 10.5 Å². The smallest absolute Gasteiger partial charge is 0.128 e. The van der Waals surface area contributed by atoms with Gasteiger partial charge in [-0.1, -0.05) is 18.2 Å². The van der Waals surface area contributed by atoms with E-state index in [1.54, 1.807) is 0 Å². The Kier molecular flexibility index (Phi) is 3.89. The summed E-state index contributed by atoms with van der Waals surface area (Å²) < 4.78 is 5.38. The molecule has 3 nitrogen and oxygen atoms in total. The first-order chi connectivity index (χ1) is 9.33. The average molecular weight is 274 g/mol. The van der Waals surface area contributed by atoms with Gasteiger partial charge in [0.15, 0.2) is 0 Å². The number of hydrogen-bond donors (Lipinski definition) is 1. The number of aromatic nitrogens is 1. The molecule has 1 aromatic carbocycles. The van der Waals surface area contributed by atoms with E-state index in [-0.39, 0.29) is 0 Å². The van der Waals surface area contributed by atoms with Crippen molar-refractivity contribution in [3.8, 4) is 0 Å². The first-order valence-electron chi connectivity index (χ1n) is 6.66. The molecule has 0 bridgehead atoms. The molecule has 100 valence electrons. The fourth-order valence-corrected chi connectivity index (χ4v) is 3.51. The van der Waals surface area contributed by atoms with Gasteiger partial charge in [0.25, 0.3) is 0 Å². The van der Waals surface area contributed by atoms with Crippen molar-refractivity contribution >= 4 is 28.5 Å². The second-order valence-corrected chi connectivity index (χ2v) is 6.14. The van der Waals surface area contributed by atoms with E-state index in [2.05, 4.69) is 17.1 Å². The van der Waals surface area contributed by atoms with Gasteiger partial charge >= 0.3 is 0 Å². The minimum Gasteiger partial charge on any atom is -0.383 e. The van der Waals surface area contributed by atoms with Gasteiger partial charge in [-0.15, -0.1) is 0 Å². The van der Waals surface area contributed by atoms with Crippen LogP contribution in [0.2, 0.25) is 0 Å². The number of anilines is 1. The zero-order valence-corrected chi connectivity index (χ0v) is 11.7. The molecule has 2 heterocycles. The SMILES string of the molecule is Nc1nc2ccccc2cc1CSC1CCOCC1. The molecule has 0 unspecified atom stereocenters. The number of hydrogen-bond acceptors (Lipinski definition) is 4. The second kappa shape index (κ2) is 5.80. The van der Waals surface area contributed by atoms with Crippen molar-refractivity contribution in [2.45, 2.75) is 23.8 Å². The number of rotatable bonds is 3. The molecule has 2 aromatic rings. The van der Waals surface area contributed by atoms with Gasteiger partial charge in [-0.2, -0.15) is 11.8 Å². The van der Waals surface area contributed by atoms with Crippen LogP contribution >= 0.6 is 11.8 Å². The van der Waals surface area contributed by atoms with Gasteiger partial charge in [0, 0.05) is 35.2 Å². The van der Waals surface area contributed by atoms with Crippen LogP contribution in [0, 0.1) is 0 Å². The lowest BCUT2D eigenvalue weighted by atomic mass is 10.1. The van der Waals surface area contributed by atoms with Crippen molar-refractivity contribution in [2.24, 2.45) is 0 Å². The minimum atomic E-state index is 0.665. The molecule has 2 N–H and O–H groups in total. The Morgan fingerprint density at radius 2 is 2.05 bits per heavy atom. The van der Waals surface area contributed by atoms with Crippen LogP contribution in [0.3, 0.4) is 0 Å². The van der Waals surface area contributed by atoms with E-state index < -0.39 is 0 Å². The van der Waals surface area contributed by atoms with Gasteiger partial charge in [-0.05, 0) is 25.0 Å². The summed E-state index contributed by atoms with van der Waals surface area (Å²) in [5.41, 5.74) is 8.17. The molecule has 3 rings (SSSR count). The quantitative estimate of drug-likeness (QED) is 0.933. The summed E-state index contributed by atoms with van der Waals surface area (Å²) in [5.74, 6) is 1.60. The Hall–Kier alpha value is -1.26. The molecule has 0 aliphatic carbocycles. The van der Waals surface area contributed by atoms with E-state index in [9.17, 15) is 0 Å². The predicted octanol–water partition coefficient (Wildman–Crippen LogP) is 3.23. The Balaban J connectivity index is 1.74. The number of para-hydroxylation sites is 1. The number of fused-ring (bicyclic) bond motifs is 1. The van der Waals surface area contributed by atoms with Crippen LogP contribution in [0.1, 0.15) is 18.4 Å². The van der Waals surface area contributed by atoms with Gasteiger partial charge in [-0.3, -0.25) is 0 Å². The van der Waals surface area contributed by atoms with Crippen LogP contribution in [0.4, 0.5) is 5.82 Å². The average Bonchev–Trinajstić information content (AvgIpc) is 2.46. The normalized spacial score (nSPS) is 16.8. The van der Waals surface area contributed by atoms with Crippen molar-refractivity contribution < 1.29 is 4.74 Å². The Morgan fingerprint density at radius 3 is 2.89 bits per heavy atom. The van der Waals surface area contributed by atoms with Crippen LogP contribution in [0.5, 0.6) is 0 Å². The predicted molar refractivity (Wildman–Crippen MR) is 81.3 cm³/mol. The summed E-state index contributed by atoms with van der Waals surface area (Å²) >= 11 is 1.97. The van der Waals surface area contributed by atoms with Gasteiger partial charge in [-0.25, -0.2) is 4.98 Å². The third-order valence-corrected chi connectivity index (χ3v) is 4.90. The highest BCUT2D eigenvalue weighted by molar-refractivity contribution is 7.99. The molecule has 0 atom stereocenters. The van der Waals surface area contributed by atoms with Crippen molar-refractivity contribution in [3.63, 3.8) is 0 Å². The molecule has 0 spiro atoms. The molecule has 0 amide bonds. The van der Waals surface area contributed by atoms with Crippen molar-refractivity contribution in [1.82, 2.24) is 4.98 Å². The molecule has 1 aliphatic heterocycles. The maximum atomic E-state index is 6.05. The van der Waals surface area contributed by atoms with E-state index in [1.807, 2.05) is 30.0 Å². The number of nitrogen functional groups attached to an aromatic ring is 1. The highest BCUT2D eigenvalue weighted by atomic mass is 32.2. The first-order valence-corrected chi connectivity index (χ1v) is 7.71. The first kappa shape index (κ1) is 12.8. The molecular weight excluding hydrogens is 256 g/mol. The number of benzene rings is 1. The summed E-state index contributed by atoms with van der Waals surface area (Å²) in [6, 6.07) is 10.3. The summed E-state index contributed by atoms with van der Waals surface area (Å²) in [4.78, 5) is 4.48. The van der Waals surface area contributed by atoms with Crippen molar-refractivity contribution in [1.29, 1.82) is 0 Å². The number of pyridine rings is 1. The number of nitrogens with zero attached hydrogens (tertiary/aromatic N) is 1. The maximum Gasteiger partial charge on any atom is 0.128 e. The van der Waals surface area contributed by atoms with Crippen LogP contribution in [-0.4, -0.2) is 23.4 Å². The molecule has 0 radical (unpaired) electrons. The second-order valence-electron chi connectivity index (χ2n) is 4.85. The lowest BCUT2D eigenvalue weighted by molar-refractivity contribution is 0.1000. The van der Waals surface area contributed by atoms with Crippen LogP contribution < -0.4 is 5.73 Å². The minimum absolute atomic E-state index is 0.665. The van der Waals surface area contributed by atoms with E-state index in [0.29, 0.717) is 11.1 Å². The molecule has 0 saturated carbocycles. The van der Waals surface area contributed by atoms with Gasteiger partial charge in [0.05, 0.1) is 5.52 Å². The third kappa shape index (κ3) is 3.01. The van der Waals surface area contributed by atoms with Crippen molar-refractivity contribution in [2.75, 3.05) is 18.9 Å². The fourth-order valence-electron chi connectivity index (χ4n) is 2.34. The third-order valence-electron chi connectivity index (χ3n) is 3.48. The van der Waals surface area contributed by atoms with Crippen LogP contribution in [-0.2, 0) is 10.5 Å². The topological polar surface area (TPSA) is 48.1 Å². The monoisotopic (exact) mass is 274 g/mol. The maximum absolute atomic E-state index is 6.05. The molecule has 1 saturated heterocycles. The highest BCUT2D eigenvalue weighted by Crippen LogP contribution is 2.28. The largest absolute Gasteiger partial charge is 0.383 e. The van der Waals surface area contributed by atoms with Crippen molar-refractivity contribution in [3.05, 3.63) is 35.9 Å². The van der Waals surface area contributed by atoms with E-state index in [1.165, 1.54) is 5.39 Å². The van der Waals surface area contributed by atoms with E-state index in [4.69, 9.17) is 10.5 Å². The van der Waals surface area contributed by atoms with Gasteiger partial charge in [0.1, 0.15) is 5.82 Å². The molecule has 1 aliphatic rings. The summed E-state index contributed by atoms with van der Waals surface area (Å²) in [7, 11) is 0. The number of ether oxygens (including phenoxy) is 1. The molecule has 19 heavy (non-hydrogen) atoms. The highest BCUT2D eigenvalue weighted by Gasteiger charge is 2.15.